The Hall–Kier alpha value is -1.95. The van der Waals surface area contributed by atoms with Crippen LogP contribution in [0.5, 0.6) is 0 Å². The van der Waals surface area contributed by atoms with Gasteiger partial charge in [-0.15, -0.1) is 0 Å². The van der Waals surface area contributed by atoms with Gasteiger partial charge in [0.15, 0.2) is 9.84 Å². The van der Waals surface area contributed by atoms with E-state index in [1.807, 2.05) is 0 Å². The van der Waals surface area contributed by atoms with Gasteiger partial charge in [-0.1, -0.05) is 11.6 Å². The number of benzene rings is 1. The summed E-state index contributed by atoms with van der Waals surface area (Å²) >= 11 is 5.58. The minimum Gasteiger partial charge on any atom is -0.468 e. The lowest BCUT2D eigenvalue weighted by Gasteiger charge is -2.38. The first-order chi connectivity index (χ1) is 13.6. The van der Waals surface area contributed by atoms with Crippen LogP contribution in [0, 0.1) is 5.82 Å². The summed E-state index contributed by atoms with van der Waals surface area (Å²) in [5.74, 6) is -0.998. The highest BCUT2D eigenvalue weighted by Gasteiger charge is 2.39. The first-order valence-corrected chi connectivity index (χ1v) is 12.1. The molecule has 0 aliphatic carbocycles. The quantitative estimate of drug-likeness (QED) is 0.634. The molecular formula is C17H18ClFN2O6S2. The molecule has 12 heteroatoms. The van der Waals surface area contributed by atoms with Gasteiger partial charge in [-0.25, -0.2) is 25.9 Å². The summed E-state index contributed by atoms with van der Waals surface area (Å²) in [6.07, 6.45) is 1.25. The second-order valence-electron chi connectivity index (χ2n) is 6.53. The molecule has 1 aromatic heterocycles. The average molecular weight is 465 g/mol. The molecule has 1 aromatic carbocycles. The van der Waals surface area contributed by atoms with Gasteiger partial charge in [-0.3, -0.25) is 4.79 Å². The number of nitrogens with zero attached hydrogens (tertiary/aromatic N) is 1. The molecule has 2 aromatic rings. The molecule has 1 saturated heterocycles. The second-order valence-corrected chi connectivity index (χ2v) is 11.0. The number of amides is 1. The molecule has 2 heterocycles. The summed E-state index contributed by atoms with van der Waals surface area (Å²) in [7, 11) is -7.39. The number of carbonyl (C=O) groups excluding carboxylic acids is 1. The molecule has 0 saturated carbocycles. The largest absolute Gasteiger partial charge is 0.468 e. The first kappa shape index (κ1) is 21.8. The highest BCUT2D eigenvalue weighted by Crippen LogP contribution is 2.22. The summed E-state index contributed by atoms with van der Waals surface area (Å²) in [6.45, 7) is -0.0686. The molecule has 8 nitrogen and oxygen atoms in total. The molecule has 0 unspecified atom stereocenters. The molecule has 1 N–H and O–H groups in total. The number of furan rings is 1. The van der Waals surface area contributed by atoms with Crippen molar-refractivity contribution in [2.45, 2.75) is 22.3 Å². The number of sulfonamides is 1. The topological polar surface area (TPSA) is 114 Å². The van der Waals surface area contributed by atoms with E-state index in [1.54, 1.807) is 12.1 Å². The van der Waals surface area contributed by atoms with Crippen molar-refractivity contribution in [1.29, 1.82) is 0 Å². The molecule has 1 aliphatic rings. The van der Waals surface area contributed by atoms with E-state index in [9.17, 15) is 26.0 Å². The smallest absolute Gasteiger partial charge is 0.240 e. The van der Waals surface area contributed by atoms with Gasteiger partial charge >= 0.3 is 0 Å². The van der Waals surface area contributed by atoms with E-state index >= 15 is 0 Å². The van der Waals surface area contributed by atoms with Crippen LogP contribution >= 0.6 is 11.6 Å². The molecule has 3 rings (SSSR count). The maximum atomic E-state index is 13.2. The van der Waals surface area contributed by atoms with Crippen LogP contribution in [-0.4, -0.2) is 52.5 Å². The maximum Gasteiger partial charge on any atom is 0.240 e. The molecular weight excluding hydrogens is 447 g/mol. The summed E-state index contributed by atoms with van der Waals surface area (Å²) in [6, 6.07) is 6.15. The van der Waals surface area contributed by atoms with Crippen LogP contribution in [0.2, 0.25) is 5.02 Å². The molecule has 1 amide bonds. The fraction of sp³-hybridized carbons (Fsp3) is 0.353. The van der Waals surface area contributed by atoms with Crippen molar-refractivity contribution in [3.05, 3.63) is 53.2 Å². The fourth-order valence-corrected chi connectivity index (χ4v) is 5.67. The lowest BCUT2D eigenvalue weighted by atomic mass is 10.2. The lowest BCUT2D eigenvalue weighted by molar-refractivity contribution is -0.134. The van der Waals surface area contributed by atoms with E-state index in [2.05, 4.69) is 4.72 Å². The zero-order valence-electron chi connectivity index (χ0n) is 15.0. The van der Waals surface area contributed by atoms with E-state index in [-0.39, 0.29) is 47.6 Å². The van der Waals surface area contributed by atoms with Crippen LogP contribution in [-0.2, 0) is 30.4 Å². The molecule has 0 radical (unpaired) electrons. The Morgan fingerprint density at radius 2 is 1.97 bits per heavy atom. The van der Waals surface area contributed by atoms with E-state index in [1.165, 1.54) is 11.2 Å². The second kappa shape index (κ2) is 8.42. The van der Waals surface area contributed by atoms with E-state index in [0.717, 1.165) is 18.2 Å². The van der Waals surface area contributed by atoms with E-state index in [0.29, 0.717) is 5.76 Å². The number of likely N-dealkylation sites (tertiary alicyclic amines) is 1. The van der Waals surface area contributed by atoms with E-state index in [4.69, 9.17) is 16.0 Å². The van der Waals surface area contributed by atoms with Crippen molar-refractivity contribution >= 4 is 37.4 Å². The predicted octanol–water partition coefficient (Wildman–Crippen LogP) is 1.57. The highest BCUT2D eigenvalue weighted by molar-refractivity contribution is 7.91. The number of sulfone groups is 1. The number of nitrogens with one attached hydrogen (secondary N) is 1. The van der Waals surface area contributed by atoms with Crippen LogP contribution in [0.3, 0.4) is 0 Å². The first-order valence-electron chi connectivity index (χ1n) is 8.55. The Morgan fingerprint density at radius 3 is 2.59 bits per heavy atom. The molecule has 1 fully saturated rings. The van der Waals surface area contributed by atoms with Gasteiger partial charge in [0, 0.05) is 26.1 Å². The third-order valence-corrected chi connectivity index (χ3v) is 8.21. The lowest BCUT2D eigenvalue weighted by Crippen LogP contribution is -2.57. The van der Waals surface area contributed by atoms with E-state index < -0.39 is 30.9 Å². The average Bonchev–Trinajstić information content (AvgIpc) is 3.07. The van der Waals surface area contributed by atoms with Gasteiger partial charge in [0.2, 0.25) is 15.9 Å². The monoisotopic (exact) mass is 464 g/mol. The Balaban J connectivity index is 1.46. The van der Waals surface area contributed by atoms with Crippen LogP contribution in [0.1, 0.15) is 12.2 Å². The van der Waals surface area contributed by atoms with Gasteiger partial charge < -0.3 is 9.32 Å². The minimum absolute atomic E-state index is 0.0577. The summed E-state index contributed by atoms with van der Waals surface area (Å²) in [5.41, 5.74) is 0. The van der Waals surface area contributed by atoms with Gasteiger partial charge in [0.05, 0.1) is 21.4 Å². The number of rotatable bonds is 8. The Morgan fingerprint density at radius 1 is 1.24 bits per heavy atom. The number of carbonyl (C=O) groups is 1. The zero-order chi connectivity index (χ0) is 21.2. The van der Waals surface area contributed by atoms with Crippen molar-refractivity contribution in [3.8, 4) is 0 Å². The van der Waals surface area contributed by atoms with Crippen LogP contribution in [0.25, 0.3) is 0 Å². The normalized spacial score (nSPS) is 15.3. The fourth-order valence-electron chi connectivity index (χ4n) is 2.76. The van der Waals surface area contributed by atoms with Crippen molar-refractivity contribution in [2.24, 2.45) is 0 Å². The third kappa shape index (κ3) is 5.16. The number of hydrogen-bond donors (Lipinski definition) is 1. The molecule has 158 valence electrons. The Kier molecular flexibility index (Phi) is 6.32. The van der Waals surface area contributed by atoms with Crippen molar-refractivity contribution in [2.75, 3.05) is 19.6 Å². The Labute approximate surface area is 172 Å². The van der Waals surface area contributed by atoms with Crippen molar-refractivity contribution < 1.29 is 30.4 Å². The summed E-state index contributed by atoms with van der Waals surface area (Å²) in [5, 5.41) is -0.999. The van der Waals surface area contributed by atoms with Crippen LogP contribution in [0.4, 0.5) is 4.39 Å². The molecule has 0 bridgehead atoms. The zero-order valence-corrected chi connectivity index (χ0v) is 17.4. The van der Waals surface area contributed by atoms with Gasteiger partial charge in [-0.05, 0) is 30.3 Å². The molecule has 1 aliphatic heterocycles. The minimum atomic E-state index is -3.95. The number of hydrogen-bond acceptors (Lipinski definition) is 6. The third-order valence-electron chi connectivity index (χ3n) is 4.46. The van der Waals surface area contributed by atoms with Crippen LogP contribution in [0.15, 0.2) is 45.9 Å². The standard InChI is InChI=1S/C17H18ClFN2O6S2/c18-15-8-13(3-4-16(15)19)29(25,26)20-6-5-17(22)21-9-14(10-21)28(23,24)11-12-2-1-7-27-12/h1-4,7-8,14,20H,5-6,9-11H2. The van der Waals surface area contributed by atoms with Crippen LogP contribution < -0.4 is 4.72 Å². The van der Waals surface area contributed by atoms with Crippen molar-refractivity contribution in [1.82, 2.24) is 9.62 Å². The molecule has 29 heavy (non-hydrogen) atoms. The van der Waals surface area contributed by atoms with Crippen molar-refractivity contribution in [3.63, 3.8) is 0 Å². The SMILES string of the molecule is O=C(CCNS(=O)(=O)c1ccc(F)c(Cl)c1)N1CC(S(=O)(=O)Cc2ccco2)C1. The number of halogens is 2. The summed E-state index contributed by atoms with van der Waals surface area (Å²) in [4.78, 5) is 13.3. The maximum absolute atomic E-state index is 13.2. The van der Waals surface area contributed by atoms with Gasteiger partial charge in [-0.2, -0.15) is 0 Å². The highest BCUT2D eigenvalue weighted by atomic mass is 35.5. The van der Waals surface area contributed by atoms with Gasteiger partial charge in [0.1, 0.15) is 17.3 Å². The molecule has 0 atom stereocenters. The molecule has 0 spiro atoms. The summed E-state index contributed by atoms with van der Waals surface area (Å²) < 4.78 is 69.3. The van der Waals surface area contributed by atoms with Gasteiger partial charge in [0.25, 0.3) is 0 Å². The Bertz CT molecular complexity index is 1100. The predicted molar refractivity (Wildman–Crippen MR) is 103 cm³/mol.